The molecule has 1 rings (SSSR count). The normalized spacial score (nSPS) is 13.8. The fraction of sp³-hybridized carbons (Fsp3) is 0.571. The highest BCUT2D eigenvalue weighted by Crippen LogP contribution is 2.33. The van der Waals surface area contributed by atoms with Gasteiger partial charge in [0.25, 0.3) is 0 Å². The SMILES string of the molecule is CCOCCN(C)CC(N)c1ccccc1C(F)(F)F. The molecule has 2 N–H and O–H groups in total. The van der Waals surface area contributed by atoms with Crippen molar-refractivity contribution in [2.45, 2.75) is 19.1 Å². The highest BCUT2D eigenvalue weighted by molar-refractivity contribution is 5.32. The minimum Gasteiger partial charge on any atom is -0.380 e. The van der Waals surface area contributed by atoms with Crippen molar-refractivity contribution in [3.05, 3.63) is 35.4 Å². The largest absolute Gasteiger partial charge is 0.416 e. The highest BCUT2D eigenvalue weighted by Gasteiger charge is 2.34. The lowest BCUT2D eigenvalue weighted by molar-refractivity contribution is -0.138. The molecule has 0 heterocycles. The maximum Gasteiger partial charge on any atom is 0.416 e. The molecule has 20 heavy (non-hydrogen) atoms. The zero-order valence-corrected chi connectivity index (χ0v) is 11.8. The van der Waals surface area contributed by atoms with Crippen LogP contribution in [0.25, 0.3) is 0 Å². The van der Waals surface area contributed by atoms with Crippen molar-refractivity contribution < 1.29 is 17.9 Å². The second kappa shape index (κ2) is 7.61. The molecule has 1 aromatic rings. The van der Waals surface area contributed by atoms with Crippen molar-refractivity contribution in [2.24, 2.45) is 5.73 Å². The minimum atomic E-state index is -4.38. The monoisotopic (exact) mass is 290 g/mol. The summed E-state index contributed by atoms with van der Waals surface area (Å²) in [6, 6.07) is 4.77. The smallest absolute Gasteiger partial charge is 0.380 e. The third-order valence-corrected chi connectivity index (χ3v) is 3.00. The lowest BCUT2D eigenvalue weighted by Crippen LogP contribution is -2.32. The Hall–Kier alpha value is -1.11. The molecule has 114 valence electrons. The fourth-order valence-corrected chi connectivity index (χ4v) is 1.97. The summed E-state index contributed by atoms with van der Waals surface area (Å²) in [5.41, 5.74) is 5.38. The summed E-state index contributed by atoms with van der Waals surface area (Å²) in [5, 5.41) is 0. The predicted molar refractivity (Wildman–Crippen MR) is 72.4 cm³/mol. The summed E-state index contributed by atoms with van der Waals surface area (Å²) in [5.74, 6) is 0. The van der Waals surface area contributed by atoms with Crippen LogP contribution in [0.4, 0.5) is 13.2 Å². The molecule has 0 aliphatic rings. The van der Waals surface area contributed by atoms with Crippen molar-refractivity contribution in [3.8, 4) is 0 Å². The Kier molecular flexibility index (Phi) is 6.45. The Morgan fingerprint density at radius 1 is 1.30 bits per heavy atom. The van der Waals surface area contributed by atoms with Gasteiger partial charge in [-0.25, -0.2) is 0 Å². The Labute approximate surface area is 117 Å². The van der Waals surface area contributed by atoms with Gasteiger partial charge in [-0.05, 0) is 25.6 Å². The zero-order chi connectivity index (χ0) is 15.2. The molecular formula is C14H21F3N2O. The van der Waals surface area contributed by atoms with E-state index in [1.165, 1.54) is 12.1 Å². The number of halogens is 3. The van der Waals surface area contributed by atoms with E-state index < -0.39 is 17.8 Å². The molecule has 0 aliphatic heterocycles. The van der Waals surface area contributed by atoms with Gasteiger partial charge in [-0.1, -0.05) is 18.2 Å². The predicted octanol–water partition coefficient (Wildman–Crippen LogP) is 2.67. The molecule has 0 amide bonds. The van der Waals surface area contributed by atoms with Gasteiger partial charge in [0.05, 0.1) is 12.2 Å². The van der Waals surface area contributed by atoms with Gasteiger partial charge in [-0.2, -0.15) is 13.2 Å². The van der Waals surface area contributed by atoms with Gasteiger partial charge in [0.2, 0.25) is 0 Å². The number of ether oxygens (including phenoxy) is 1. The zero-order valence-electron chi connectivity index (χ0n) is 11.8. The Morgan fingerprint density at radius 3 is 2.55 bits per heavy atom. The van der Waals surface area contributed by atoms with E-state index in [4.69, 9.17) is 10.5 Å². The molecule has 0 bridgehead atoms. The molecule has 0 saturated heterocycles. The minimum absolute atomic E-state index is 0.128. The molecule has 1 unspecified atom stereocenters. The quantitative estimate of drug-likeness (QED) is 0.785. The van der Waals surface area contributed by atoms with Crippen LogP contribution in [0.15, 0.2) is 24.3 Å². The number of hydrogen-bond acceptors (Lipinski definition) is 3. The van der Waals surface area contributed by atoms with Gasteiger partial charge in [0.1, 0.15) is 0 Å². The van der Waals surface area contributed by atoms with E-state index in [-0.39, 0.29) is 5.56 Å². The van der Waals surface area contributed by atoms with Gasteiger partial charge in [-0.3, -0.25) is 0 Å². The standard InChI is InChI=1S/C14H21F3N2O/c1-3-20-9-8-19(2)10-13(18)11-6-4-5-7-12(11)14(15,16)17/h4-7,13H,3,8-10,18H2,1-2H3. The first kappa shape index (κ1) is 16.9. The van der Waals surface area contributed by atoms with Crippen LogP contribution < -0.4 is 5.73 Å². The third-order valence-electron chi connectivity index (χ3n) is 3.00. The van der Waals surface area contributed by atoms with E-state index in [1.54, 1.807) is 6.07 Å². The van der Waals surface area contributed by atoms with Crippen LogP contribution in [0.3, 0.4) is 0 Å². The van der Waals surface area contributed by atoms with E-state index in [0.717, 1.165) is 6.07 Å². The molecule has 0 spiro atoms. The third kappa shape index (κ3) is 5.11. The van der Waals surface area contributed by atoms with Crippen molar-refractivity contribution in [2.75, 3.05) is 33.4 Å². The Morgan fingerprint density at radius 2 is 1.95 bits per heavy atom. The van der Waals surface area contributed by atoms with Gasteiger partial charge >= 0.3 is 6.18 Å². The first-order chi connectivity index (χ1) is 9.36. The van der Waals surface area contributed by atoms with Crippen LogP contribution in [0.5, 0.6) is 0 Å². The van der Waals surface area contributed by atoms with Gasteiger partial charge in [0, 0.05) is 25.7 Å². The maximum absolute atomic E-state index is 12.9. The van der Waals surface area contributed by atoms with E-state index >= 15 is 0 Å². The van der Waals surface area contributed by atoms with Crippen LogP contribution in [-0.2, 0) is 10.9 Å². The van der Waals surface area contributed by atoms with Gasteiger partial charge in [0.15, 0.2) is 0 Å². The van der Waals surface area contributed by atoms with Crippen LogP contribution in [0.1, 0.15) is 24.1 Å². The molecule has 1 atom stereocenters. The highest BCUT2D eigenvalue weighted by atomic mass is 19.4. The summed E-state index contributed by atoms with van der Waals surface area (Å²) in [6.07, 6.45) is -4.38. The number of nitrogens with zero attached hydrogens (tertiary/aromatic N) is 1. The van der Waals surface area contributed by atoms with Crippen LogP contribution in [0, 0.1) is 0 Å². The average molecular weight is 290 g/mol. The Bertz CT molecular complexity index is 410. The number of hydrogen-bond donors (Lipinski definition) is 1. The second-order valence-corrected chi connectivity index (χ2v) is 4.65. The van der Waals surface area contributed by atoms with Gasteiger partial charge in [-0.15, -0.1) is 0 Å². The van der Waals surface area contributed by atoms with Crippen molar-refractivity contribution in [3.63, 3.8) is 0 Å². The molecular weight excluding hydrogens is 269 g/mol. The van der Waals surface area contributed by atoms with Crippen LogP contribution >= 0.6 is 0 Å². The molecule has 0 radical (unpaired) electrons. The van der Waals surface area contributed by atoms with E-state index in [9.17, 15) is 13.2 Å². The number of rotatable bonds is 7. The van der Waals surface area contributed by atoms with Crippen LogP contribution in [0.2, 0.25) is 0 Å². The molecule has 0 saturated carbocycles. The number of nitrogens with two attached hydrogens (primary N) is 1. The molecule has 0 fully saturated rings. The molecule has 1 aromatic carbocycles. The number of alkyl halides is 3. The average Bonchev–Trinajstić information content (AvgIpc) is 2.38. The fourth-order valence-electron chi connectivity index (χ4n) is 1.97. The molecule has 0 aromatic heterocycles. The summed E-state index contributed by atoms with van der Waals surface area (Å²) in [6.45, 7) is 4.04. The summed E-state index contributed by atoms with van der Waals surface area (Å²) in [4.78, 5) is 1.87. The summed E-state index contributed by atoms with van der Waals surface area (Å²) < 4.78 is 43.9. The van der Waals surface area contributed by atoms with E-state index in [1.807, 2.05) is 18.9 Å². The summed E-state index contributed by atoms with van der Waals surface area (Å²) >= 11 is 0. The molecule has 6 heteroatoms. The second-order valence-electron chi connectivity index (χ2n) is 4.65. The van der Waals surface area contributed by atoms with Gasteiger partial charge < -0.3 is 15.4 Å². The van der Waals surface area contributed by atoms with Crippen molar-refractivity contribution in [1.29, 1.82) is 0 Å². The number of likely N-dealkylation sites (N-methyl/N-ethyl adjacent to an activating group) is 1. The van der Waals surface area contributed by atoms with E-state index in [0.29, 0.717) is 26.3 Å². The topological polar surface area (TPSA) is 38.5 Å². The van der Waals surface area contributed by atoms with E-state index in [2.05, 4.69) is 0 Å². The maximum atomic E-state index is 12.9. The Balaban J connectivity index is 2.70. The first-order valence-electron chi connectivity index (χ1n) is 6.54. The first-order valence-corrected chi connectivity index (χ1v) is 6.54. The molecule has 3 nitrogen and oxygen atoms in total. The van der Waals surface area contributed by atoms with Crippen molar-refractivity contribution >= 4 is 0 Å². The summed E-state index contributed by atoms with van der Waals surface area (Å²) in [7, 11) is 1.81. The van der Waals surface area contributed by atoms with Crippen molar-refractivity contribution in [1.82, 2.24) is 4.90 Å². The lowest BCUT2D eigenvalue weighted by atomic mass is 10.00. The molecule has 0 aliphatic carbocycles. The van der Waals surface area contributed by atoms with Crippen LogP contribution in [-0.4, -0.2) is 38.3 Å². The number of benzene rings is 1. The lowest BCUT2D eigenvalue weighted by Gasteiger charge is -2.23.